The molecule has 0 bridgehead atoms. The van der Waals surface area contributed by atoms with Crippen molar-refractivity contribution in [2.45, 2.75) is 57.5 Å². The van der Waals surface area contributed by atoms with Crippen molar-refractivity contribution in [2.24, 2.45) is 0 Å². The van der Waals surface area contributed by atoms with Crippen LogP contribution in [0.25, 0.3) is 0 Å². The van der Waals surface area contributed by atoms with E-state index in [1.807, 2.05) is 4.57 Å². The Hall–Kier alpha value is -1.12. The molecule has 7 nitrogen and oxygen atoms in total. The largest absolute Gasteiger partial charge is 0.373 e. The Balaban J connectivity index is 1.60. The second kappa shape index (κ2) is 9.39. The third-order valence-corrected chi connectivity index (χ3v) is 4.85. The van der Waals surface area contributed by atoms with Crippen LogP contribution in [0.15, 0.2) is 11.5 Å². The molecule has 24 heavy (non-hydrogen) atoms. The maximum atomic E-state index is 12.0. The maximum Gasteiger partial charge on any atom is 0.230 e. The summed E-state index contributed by atoms with van der Waals surface area (Å²) in [6.07, 6.45) is 3.24. The van der Waals surface area contributed by atoms with E-state index in [1.165, 1.54) is 11.8 Å². The highest BCUT2D eigenvalue weighted by Crippen LogP contribution is 2.18. The van der Waals surface area contributed by atoms with Crippen molar-refractivity contribution >= 4 is 17.7 Å². The van der Waals surface area contributed by atoms with Gasteiger partial charge in [0.15, 0.2) is 5.16 Å². The Kier molecular flexibility index (Phi) is 7.51. The number of rotatable bonds is 8. The molecular weight excluding hydrogens is 326 g/mol. The molecule has 0 aliphatic carbocycles. The number of morpholine rings is 1. The molecule has 1 aliphatic heterocycles. The summed E-state index contributed by atoms with van der Waals surface area (Å²) < 4.78 is 7.70. The van der Waals surface area contributed by atoms with Crippen molar-refractivity contribution in [2.75, 3.05) is 31.9 Å². The van der Waals surface area contributed by atoms with Crippen LogP contribution < -0.4 is 5.32 Å². The average Bonchev–Trinajstić information content (AvgIpc) is 2.97. The van der Waals surface area contributed by atoms with E-state index in [2.05, 4.69) is 48.1 Å². The van der Waals surface area contributed by atoms with Crippen LogP contribution in [0.2, 0.25) is 0 Å². The molecule has 1 aromatic rings. The zero-order valence-electron chi connectivity index (χ0n) is 15.1. The highest BCUT2D eigenvalue weighted by molar-refractivity contribution is 7.99. The van der Waals surface area contributed by atoms with Crippen LogP contribution in [0.4, 0.5) is 0 Å². The number of carbonyl (C=O) groups excluding carboxylic acids is 1. The first-order chi connectivity index (χ1) is 11.5. The van der Waals surface area contributed by atoms with Crippen molar-refractivity contribution in [3.8, 4) is 0 Å². The van der Waals surface area contributed by atoms with Gasteiger partial charge < -0.3 is 14.6 Å². The predicted octanol–water partition coefficient (Wildman–Crippen LogP) is 1.57. The van der Waals surface area contributed by atoms with Crippen molar-refractivity contribution in [1.29, 1.82) is 0 Å². The lowest BCUT2D eigenvalue weighted by Crippen LogP contribution is -2.46. The van der Waals surface area contributed by atoms with Gasteiger partial charge in [0, 0.05) is 32.2 Å². The summed E-state index contributed by atoms with van der Waals surface area (Å²) in [4.78, 5) is 14.4. The van der Waals surface area contributed by atoms with Crippen molar-refractivity contribution < 1.29 is 9.53 Å². The van der Waals surface area contributed by atoms with Gasteiger partial charge in [-0.3, -0.25) is 9.69 Å². The van der Waals surface area contributed by atoms with Crippen LogP contribution in [-0.2, 0) is 9.53 Å². The SMILES string of the molecule is CC1CN(CCCNC(=O)CSc2nncn2C(C)C)CC(C)O1. The van der Waals surface area contributed by atoms with E-state index >= 15 is 0 Å². The first-order valence-electron chi connectivity index (χ1n) is 8.62. The second-order valence-electron chi connectivity index (χ2n) is 6.62. The van der Waals surface area contributed by atoms with E-state index in [4.69, 9.17) is 4.74 Å². The van der Waals surface area contributed by atoms with Crippen molar-refractivity contribution in [3.63, 3.8) is 0 Å². The van der Waals surface area contributed by atoms with Crippen LogP contribution in [0.1, 0.15) is 40.2 Å². The van der Waals surface area contributed by atoms with Gasteiger partial charge in [-0.05, 0) is 34.1 Å². The Morgan fingerprint density at radius 1 is 1.42 bits per heavy atom. The molecule has 0 saturated carbocycles. The Labute approximate surface area is 148 Å². The molecule has 0 aromatic carbocycles. The fourth-order valence-corrected chi connectivity index (χ4v) is 3.74. The topological polar surface area (TPSA) is 72.3 Å². The summed E-state index contributed by atoms with van der Waals surface area (Å²) in [6, 6.07) is 0.295. The summed E-state index contributed by atoms with van der Waals surface area (Å²) in [5, 5.41) is 11.7. The lowest BCUT2D eigenvalue weighted by molar-refractivity contribution is -0.118. The number of amides is 1. The minimum Gasteiger partial charge on any atom is -0.373 e. The van der Waals surface area contributed by atoms with Crippen LogP contribution >= 0.6 is 11.8 Å². The fraction of sp³-hybridized carbons (Fsp3) is 0.812. The number of carbonyl (C=O) groups is 1. The number of hydrogen-bond acceptors (Lipinski definition) is 6. The molecule has 2 unspecified atom stereocenters. The molecule has 2 rings (SSSR count). The fourth-order valence-electron chi connectivity index (χ4n) is 2.87. The van der Waals surface area contributed by atoms with Crippen LogP contribution in [0.3, 0.4) is 0 Å². The smallest absolute Gasteiger partial charge is 0.230 e. The number of nitrogens with one attached hydrogen (secondary N) is 1. The van der Waals surface area contributed by atoms with Gasteiger partial charge in [0.2, 0.25) is 5.91 Å². The maximum absolute atomic E-state index is 12.0. The molecule has 0 spiro atoms. The van der Waals surface area contributed by atoms with Crippen molar-refractivity contribution in [3.05, 3.63) is 6.33 Å². The van der Waals surface area contributed by atoms with Gasteiger partial charge in [0.05, 0.1) is 18.0 Å². The summed E-state index contributed by atoms with van der Waals surface area (Å²) in [5.74, 6) is 0.416. The highest BCUT2D eigenvalue weighted by Gasteiger charge is 2.21. The number of aromatic nitrogens is 3. The normalized spacial score (nSPS) is 22.0. The molecule has 1 saturated heterocycles. The summed E-state index contributed by atoms with van der Waals surface area (Å²) in [7, 11) is 0. The van der Waals surface area contributed by atoms with Gasteiger partial charge in [-0.2, -0.15) is 0 Å². The third-order valence-electron chi connectivity index (χ3n) is 3.90. The average molecular weight is 356 g/mol. The van der Waals surface area contributed by atoms with Crippen LogP contribution in [0, 0.1) is 0 Å². The van der Waals surface area contributed by atoms with Crippen molar-refractivity contribution in [1.82, 2.24) is 25.0 Å². The van der Waals surface area contributed by atoms with E-state index in [0.717, 1.165) is 31.2 Å². The van der Waals surface area contributed by atoms with E-state index in [9.17, 15) is 4.79 Å². The van der Waals surface area contributed by atoms with E-state index in [0.29, 0.717) is 18.3 Å². The number of ether oxygens (including phenoxy) is 1. The minimum atomic E-state index is 0.0435. The Morgan fingerprint density at radius 2 is 2.12 bits per heavy atom. The van der Waals surface area contributed by atoms with Gasteiger partial charge in [-0.25, -0.2) is 0 Å². The Bertz CT molecular complexity index is 512. The summed E-state index contributed by atoms with van der Waals surface area (Å²) in [6.45, 7) is 12.0. The van der Waals surface area contributed by atoms with E-state index in [1.54, 1.807) is 6.33 Å². The number of thioether (sulfide) groups is 1. The molecule has 2 heterocycles. The van der Waals surface area contributed by atoms with Gasteiger partial charge in [-0.1, -0.05) is 11.8 Å². The monoisotopic (exact) mass is 355 g/mol. The lowest BCUT2D eigenvalue weighted by Gasteiger charge is -2.35. The molecule has 0 radical (unpaired) electrons. The standard InChI is InChI=1S/C16H29N5O2S/c1-12(2)21-11-18-19-16(21)24-10-15(22)17-6-5-7-20-8-13(3)23-14(4)9-20/h11-14H,5-10H2,1-4H3,(H,17,22). The zero-order valence-corrected chi connectivity index (χ0v) is 15.9. The molecule has 2 atom stereocenters. The van der Waals surface area contributed by atoms with Crippen LogP contribution in [-0.4, -0.2) is 69.7 Å². The van der Waals surface area contributed by atoms with Gasteiger partial charge in [0.25, 0.3) is 0 Å². The summed E-state index contributed by atoms with van der Waals surface area (Å²) in [5.41, 5.74) is 0. The number of hydrogen-bond donors (Lipinski definition) is 1. The van der Waals surface area contributed by atoms with Crippen LogP contribution in [0.5, 0.6) is 0 Å². The third kappa shape index (κ3) is 6.07. The molecule has 1 N–H and O–H groups in total. The molecule has 1 aromatic heterocycles. The number of nitrogens with zero attached hydrogens (tertiary/aromatic N) is 4. The van der Waals surface area contributed by atoms with E-state index < -0.39 is 0 Å². The molecule has 8 heteroatoms. The molecule has 1 aliphatic rings. The lowest BCUT2D eigenvalue weighted by atomic mass is 10.2. The van der Waals surface area contributed by atoms with E-state index in [-0.39, 0.29) is 18.1 Å². The quantitative estimate of drug-likeness (QED) is 0.564. The Morgan fingerprint density at radius 3 is 2.79 bits per heavy atom. The molecule has 1 fully saturated rings. The first kappa shape index (κ1) is 19.2. The highest BCUT2D eigenvalue weighted by atomic mass is 32.2. The summed E-state index contributed by atoms with van der Waals surface area (Å²) >= 11 is 1.43. The van der Waals surface area contributed by atoms with Gasteiger partial charge in [-0.15, -0.1) is 10.2 Å². The predicted molar refractivity (Wildman–Crippen MR) is 95.2 cm³/mol. The zero-order chi connectivity index (χ0) is 17.5. The molecule has 1 amide bonds. The minimum absolute atomic E-state index is 0.0435. The van der Waals surface area contributed by atoms with Gasteiger partial charge >= 0.3 is 0 Å². The molecule has 136 valence electrons. The van der Waals surface area contributed by atoms with Gasteiger partial charge in [0.1, 0.15) is 6.33 Å². The second-order valence-corrected chi connectivity index (χ2v) is 7.57. The molecular formula is C16H29N5O2S. The first-order valence-corrected chi connectivity index (χ1v) is 9.61.